The Balaban J connectivity index is 2.25. The topological polar surface area (TPSA) is 59.1 Å². The molecule has 1 aliphatic rings. The van der Waals surface area contributed by atoms with Crippen molar-refractivity contribution in [1.82, 2.24) is 0 Å². The molecule has 4 heteroatoms. The number of carbonyl (C=O) groups is 1. The van der Waals surface area contributed by atoms with E-state index in [2.05, 4.69) is 0 Å². The first-order chi connectivity index (χ1) is 7.45. The zero-order valence-electron chi connectivity index (χ0n) is 9.48. The van der Waals surface area contributed by atoms with Gasteiger partial charge in [-0.25, -0.2) is 0 Å². The molecule has 86 valence electrons. The maximum absolute atomic E-state index is 11.9. The minimum Gasteiger partial charge on any atom is -0.507 e. The zero-order chi connectivity index (χ0) is 11.9. The van der Waals surface area contributed by atoms with Gasteiger partial charge in [0.2, 0.25) is 0 Å². The lowest BCUT2D eigenvalue weighted by Gasteiger charge is -2.05. The largest absolute Gasteiger partial charge is 0.507 e. The molecule has 1 N–H and O–H groups in total. The van der Waals surface area contributed by atoms with Crippen LogP contribution in [0.15, 0.2) is 18.2 Å². The second-order valence-corrected chi connectivity index (χ2v) is 4.35. The third kappa shape index (κ3) is 1.76. The van der Waals surface area contributed by atoms with Crippen LogP contribution in [-0.4, -0.2) is 29.7 Å². The Morgan fingerprint density at radius 1 is 1.50 bits per heavy atom. The van der Waals surface area contributed by atoms with E-state index < -0.39 is 11.7 Å². The standard InChI is InChI=1S/C12H14O4/c1-12(2)11(16-12)10(14)8-5-4-7(15-3)6-9(8)13/h4-6,11,13H,1-3H3. The van der Waals surface area contributed by atoms with Crippen LogP contribution in [-0.2, 0) is 4.74 Å². The fourth-order valence-corrected chi connectivity index (χ4v) is 1.63. The number of carbonyl (C=O) groups excluding carboxylic acids is 1. The molecule has 1 aromatic carbocycles. The van der Waals surface area contributed by atoms with Crippen LogP contribution in [0.5, 0.6) is 11.5 Å². The summed E-state index contributed by atoms with van der Waals surface area (Å²) >= 11 is 0. The predicted octanol–water partition coefficient (Wildman–Crippen LogP) is 1.76. The summed E-state index contributed by atoms with van der Waals surface area (Å²) in [5.74, 6) is 0.255. The summed E-state index contributed by atoms with van der Waals surface area (Å²) in [7, 11) is 1.50. The van der Waals surface area contributed by atoms with Crippen molar-refractivity contribution in [2.75, 3.05) is 7.11 Å². The van der Waals surface area contributed by atoms with Gasteiger partial charge in [0.25, 0.3) is 0 Å². The second-order valence-electron chi connectivity index (χ2n) is 4.35. The van der Waals surface area contributed by atoms with E-state index in [0.717, 1.165) is 0 Å². The second kappa shape index (κ2) is 3.49. The number of hydrogen-bond donors (Lipinski definition) is 1. The number of ketones is 1. The minimum absolute atomic E-state index is 0.0735. The van der Waals surface area contributed by atoms with Crippen LogP contribution in [0, 0.1) is 0 Å². The summed E-state index contributed by atoms with van der Waals surface area (Å²) in [6, 6.07) is 4.61. The van der Waals surface area contributed by atoms with Crippen molar-refractivity contribution < 1.29 is 19.4 Å². The smallest absolute Gasteiger partial charge is 0.198 e. The van der Waals surface area contributed by atoms with Gasteiger partial charge in [0.1, 0.15) is 17.6 Å². The van der Waals surface area contributed by atoms with Gasteiger partial charge in [-0.05, 0) is 26.0 Å². The average Bonchev–Trinajstić information content (AvgIpc) is 2.86. The monoisotopic (exact) mass is 222 g/mol. The molecule has 4 nitrogen and oxygen atoms in total. The van der Waals surface area contributed by atoms with Crippen molar-refractivity contribution in [3.8, 4) is 11.5 Å². The molecule has 1 fully saturated rings. The van der Waals surface area contributed by atoms with Crippen molar-refractivity contribution >= 4 is 5.78 Å². The molecular weight excluding hydrogens is 208 g/mol. The number of epoxide rings is 1. The highest BCUT2D eigenvalue weighted by Gasteiger charge is 2.53. The molecule has 2 rings (SSSR count). The first-order valence-electron chi connectivity index (χ1n) is 5.05. The molecule has 1 aliphatic heterocycles. The molecule has 16 heavy (non-hydrogen) atoms. The Morgan fingerprint density at radius 3 is 2.56 bits per heavy atom. The lowest BCUT2D eigenvalue weighted by atomic mass is 10.0. The van der Waals surface area contributed by atoms with Crippen LogP contribution in [0.3, 0.4) is 0 Å². The van der Waals surface area contributed by atoms with Gasteiger partial charge in [-0.2, -0.15) is 0 Å². The zero-order valence-corrected chi connectivity index (χ0v) is 9.48. The summed E-state index contributed by atoms with van der Waals surface area (Å²) in [6.07, 6.45) is -0.452. The molecule has 1 atom stereocenters. The SMILES string of the molecule is COc1ccc(C(=O)C2OC2(C)C)c(O)c1. The molecule has 0 radical (unpaired) electrons. The molecule has 0 aromatic heterocycles. The predicted molar refractivity (Wildman–Crippen MR) is 57.9 cm³/mol. The van der Waals surface area contributed by atoms with E-state index in [1.54, 1.807) is 12.1 Å². The normalized spacial score (nSPS) is 21.6. The van der Waals surface area contributed by atoms with Crippen molar-refractivity contribution in [3.05, 3.63) is 23.8 Å². The average molecular weight is 222 g/mol. The van der Waals surface area contributed by atoms with Gasteiger partial charge in [0.05, 0.1) is 18.3 Å². The maximum atomic E-state index is 11.9. The van der Waals surface area contributed by atoms with Gasteiger partial charge in [0.15, 0.2) is 5.78 Å². The highest BCUT2D eigenvalue weighted by atomic mass is 16.6. The summed E-state index contributed by atoms with van der Waals surface area (Å²) in [4.78, 5) is 11.9. The lowest BCUT2D eigenvalue weighted by molar-refractivity contribution is 0.0951. The maximum Gasteiger partial charge on any atom is 0.198 e. The Hall–Kier alpha value is -1.55. The molecule has 0 bridgehead atoms. The Kier molecular flexibility index (Phi) is 2.39. The molecule has 1 aromatic rings. The van der Waals surface area contributed by atoms with Gasteiger partial charge in [-0.15, -0.1) is 0 Å². The van der Waals surface area contributed by atoms with E-state index in [0.29, 0.717) is 5.75 Å². The first kappa shape index (κ1) is 11.0. The highest BCUT2D eigenvalue weighted by Crippen LogP contribution is 2.39. The molecule has 1 heterocycles. The van der Waals surface area contributed by atoms with Gasteiger partial charge in [0, 0.05) is 6.07 Å². The van der Waals surface area contributed by atoms with E-state index in [4.69, 9.17) is 9.47 Å². The number of Topliss-reactive ketones (excluding diaryl/α,β-unsaturated/α-hetero) is 1. The number of phenols is 1. The molecule has 1 saturated heterocycles. The van der Waals surface area contributed by atoms with Crippen LogP contribution >= 0.6 is 0 Å². The van der Waals surface area contributed by atoms with Gasteiger partial charge in [-0.1, -0.05) is 0 Å². The summed E-state index contributed by atoms with van der Waals surface area (Å²) in [5.41, 5.74) is -0.139. The van der Waals surface area contributed by atoms with Crippen LogP contribution in [0.4, 0.5) is 0 Å². The molecule has 0 amide bonds. The minimum atomic E-state index is -0.452. The lowest BCUT2D eigenvalue weighted by Crippen LogP contribution is -2.15. The summed E-state index contributed by atoms with van der Waals surface area (Å²) in [5, 5.41) is 9.68. The highest BCUT2D eigenvalue weighted by molar-refractivity contribution is 6.04. The van der Waals surface area contributed by atoms with Crippen molar-refractivity contribution in [1.29, 1.82) is 0 Å². The Morgan fingerprint density at radius 2 is 2.12 bits per heavy atom. The van der Waals surface area contributed by atoms with E-state index >= 15 is 0 Å². The third-order valence-electron chi connectivity index (χ3n) is 2.70. The number of phenolic OH excluding ortho intramolecular Hbond substituents is 1. The van der Waals surface area contributed by atoms with E-state index in [-0.39, 0.29) is 17.1 Å². The fourth-order valence-electron chi connectivity index (χ4n) is 1.63. The fraction of sp³-hybridized carbons (Fsp3) is 0.417. The van der Waals surface area contributed by atoms with Crippen LogP contribution < -0.4 is 4.74 Å². The molecule has 1 unspecified atom stereocenters. The number of ether oxygens (including phenoxy) is 2. The number of hydrogen-bond acceptors (Lipinski definition) is 4. The van der Waals surface area contributed by atoms with E-state index in [1.807, 2.05) is 13.8 Å². The van der Waals surface area contributed by atoms with Gasteiger partial charge >= 0.3 is 0 Å². The summed E-state index contributed by atoms with van der Waals surface area (Å²) in [6.45, 7) is 3.69. The molecule has 0 aliphatic carbocycles. The first-order valence-corrected chi connectivity index (χ1v) is 5.05. The van der Waals surface area contributed by atoms with Crippen LogP contribution in [0.2, 0.25) is 0 Å². The summed E-state index contributed by atoms with van der Waals surface area (Å²) < 4.78 is 10.2. The van der Waals surface area contributed by atoms with Crippen molar-refractivity contribution in [2.24, 2.45) is 0 Å². The number of aromatic hydroxyl groups is 1. The van der Waals surface area contributed by atoms with Crippen molar-refractivity contribution in [3.63, 3.8) is 0 Å². The quantitative estimate of drug-likeness (QED) is 0.625. The third-order valence-corrected chi connectivity index (χ3v) is 2.70. The van der Waals surface area contributed by atoms with Crippen molar-refractivity contribution in [2.45, 2.75) is 25.6 Å². The molecular formula is C12H14O4. The van der Waals surface area contributed by atoms with Crippen LogP contribution in [0.1, 0.15) is 24.2 Å². The molecule has 0 saturated carbocycles. The Bertz CT molecular complexity index is 437. The van der Waals surface area contributed by atoms with Gasteiger partial charge < -0.3 is 14.6 Å². The van der Waals surface area contributed by atoms with Gasteiger partial charge in [-0.3, -0.25) is 4.79 Å². The van der Waals surface area contributed by atoms with E-state index in [9.17, 15) is 9.90 Å². The molecule has 0 spiro atoms. The number of benzene rings is 1. The van der Waals surface area contributed by atoms with E-state index in [1.165, 1.54) is 13.2 Å². The number of methoxy groups -OCH3 is 1. The van der Waals surface area contributed by atoms with Crippen LogP contribution in [0.25, 0.3) is 0 Å². The number of rotatable bonds is 3. The Labute approximate surface area is 93.8 Å².